The molecule has 0 saturated heterocycles. The highest BCUT2D eigenvalue weighted by molar-refractivity contribution is 7.38. The minimum atomic E-state index is -2.62. The van der Waals surface area contributed by atoms with Crippen molar-refractivity contribution in [1.82, 2.24) is 0 Å². The van der Waals surface area contributed by atoms with E-state index >= 15 is 0 Å². The number of phenolic OH excluding ortho intramolecular Hbond substituents is 2. The van der Waals surface area contributed by atoms with Gasteiger partial charge in [-0.25, -0.2) is 0 Å². The molecule has 2 aromatic carbocycles. The average molecular weight is 515 g/mol. The Labute approximate surface area is 213 Å². The largest absolute Gasteiger partial charge is 0.508 e. The van der Waals surface area contributed by atoms with Crippen LogP contribution in [0.5, 0.6) is 11.5 Å². The SMILES string of the molecule is CC(C)(C)c1ccc(O)c(C(C)(C)C)c1.CC(C)(C)c1ccc(O)c(C(C)(C)C)c1.F.OP(O)O. The van der Waals surface area contributed by atoms with Crippen molar-refractivity contribution in [1.29, 1.82) is 0 Å². The zero-order chi connectivity index (χ0) is 27.3. The number of hydrogen-bond acceptors (Lipinski definition) is 5. The standard InChI is InChI=1S/2C14H22O.FH.H3O3P/c2*1-13(2,3)10-7-8-12(15)11(9-10)14(4,5)6;;1-4(2)3/h2*7-9,15H,1-6H3;1H;1-3H. The Hall–Kier alpha value is -1.72. The smallest absolute Gasteiger partial charge is 0.324 e. The van der Waals surface area contributed by atoms with Crippen LogP contribution in [0.25, 0.3) is 0 Å². The Morgan fingerprint density at radius 1 is 0.486 bits per heavy atom. The van der Waals surface area contributed by atoms with Crippen LogP contribution >= 0.6 is 8.60 Å². The predicted molar refractivity (Wildman–Crippen MR) is 147 cm³/mol. The lowest BCUT2D eigenvalue weighted by Gasteiger charge is -2.25. The third-order valence-corrected chi connectivity index (χ3v) is 5.34. The molecule has 35 heavy (non-hydrogen) atoms. The topological polar surface area (TPSA) is 101 Å². The zero-order valence-corrected chi connectivity index (χ0v) is 24.5. The fourth-order valence-electron chi connectivity index (χ4n) is 3.21. The second-order valence-corrected chi connectivity index (χ2v) is 13.3. The van der Waals surface area contributed by atoms with Crippen LogP contribution in [0, 0.1) is 0 Å². The van der Waals surface area contributed by atoms with Crippen molar-refractivity contribution in [3.63, 3.8) is 0 Å². The minimum Gasteiger partial charge on any atom is -0.508 e. The van der Waals surface area contributed by atoms with Crippen LogP contribution in [0.4, 0.5) is 4.70 Å². The molecule has 0 radical (unpaired) electrons. The van der Waals surface area contributed by atoms with Gasteiger partial charge in [-0.05, 0) is 56.0 Å². The van der Waals surface area contributed by atoms with Gasteiger partial charge in [0.1, 0.15) is 11.5 Å². The molecule has 0 saturated carbocycles. The quantitative estimate of drug-likeness (QED) is 0.237. The van der Waals surface area contributed by atoms with E-state index in [-0.39, 0.29) is 26.4 Å². The monoisotopic (exact) mass is 514 g/mol. The van der Waals surface area contributed by atoms with Gasteiger partial charge in [-0.3, -0.25) is 4.70 Å². The van der Waals surface area contributed by atoms with Gasteiger partial charge >= 0.3 is 8.60 Å². The summed E-state index contributed by atoms with van der Waals surface area (Å²) in [6.07, 6.45) is 0. The van der Waals surface area contributed by atoms with Gasteiger partial charge in [0.25, 0.3) is 0 Å². The van der Waals surface area contributed by atoms with Gasteiger partial charge in [0.2, 0.25) is 0 Å². The molecule has 0 aliphatic rings. The lowest BCUT2D eigenvalue weighted by Crippen LogP contribution is -2.16. The molecule has 0 fully saturated rings. The molecule has 0 bridgehead atoms. The zero-order valence-electron chi connectivity index (χ0n) is 23.6. The molecule has 0 aromatic heterocycles. The first kappa shape index (κ1) is 35.4. The normalized spacial score (nSPS) is 12.1. The molecular weight excluding hydrogens is 466 g/mol. The van der Waals surface area contributed by atoms with Gasteiger partial charge in [-0.1, -0.05) is 107 Å². The Kier molecular flexibility index (Phi) is 13.2. The summed E-state index contributed by atoms with van der Waals surface area (Å²) in [6.45, 7) is 25.8. The first-order chi connectivity index (χ1) is 15.0. The number of aromatic hydroxyl groups is 2. The summed E-state index contributed by atoms with van der Waals surface area (Å²) in [7, 11) is -2.62. The Morgan fingerprint density at radius 3 is 0.886 bits per heavy atom. The molecule has 2 rings (SSSR count). The van der Waals surface area contributed by atoms with Gasteiger partial charge in [-0.2, -0.15) is 0 Å². The summed E-state index contributed by atoms with van der Waals surface area (Å²) in [5, 5.41) is 19.7. The van der Waals surface area contributed by atoms with Gasteiger partial charge < -0.3 is 24.9 Å². The summed E-state index contributed by atoms with van der Waals surface area (Å²) < 4.78 is 0. The molecule has 0 atom stereocenters. The van der Waals surface area contributed by atoms with Gasteiger partial charge in [-0.15, -0.1) is 0 Å². The van der Waals surface area contributed by atoms with Crippen molar-refractivity contribution in [3.05, 3.63) is 58.7 Å². The first-order valence-corrected chi connectivity index (χ1v) is 12.7. The van der Waals surface area contributed by atoms with Gasteiger partial charge in [0.15, 0.2) is 0 Å². The van der Waals surface area contributed by atoms with Crippen LogP contribution in [0.3, 0.4) is 0 Å². The molecule has 2 aromatic rings. The molecule has 0 unspecified atom stereocenters. The van der Waals surface area contributed by atoms with Crippen molar-refractivity contribution in [2.45, 2.75) is 105 Å². The Bertz CT molecular complexity index is 839. The van der Waals surface area contributed by atoms with E-state index in [1.54, 1.807) is 12.1 Å². The Morgan fingerprint density at radius 2 is 0.714 bits per heavy atom. The van der Waals surface area contributed by atoms with E-state index in [0.29, 0.717) is 11.5 Å². The number of benzene rings is 2. The maximum atomic E-state index is 9.84. The van der Waals surface area contributed by atoms with Gasteiger partial charge in [0, 0.05) is 0 Å². The highest BCUT2D eigenvalue weighted by atomic mass is 31.2. The molecule has 202 valence electrons. The molecule has 0 amide bonds. The average Bonchev–Trinajstić information content (AvgIpc) is 2.58. The van der Waals surface area contributed by atoms with E-state index in [2.05, 4.69) is 95.2 Å². The summed E-state index contributed by atoms with van der Waals surface area (Å²) in [5.74, 6) is 0.797. The van der Waals surface area contributed by atoms with Crippen LogP contribution in [0.2, 0.25) is 0 Å². The highest BCUT2D eigenvalue weighted by Crippen LogP contribution is 2.35. The number of phenols is 2. The van der Waals surface area contributed by atoms with Crippen LogP contribution in [0.1, 0.15) is 105 Å². The fraction of sp³-hybridized carbons (Fsp3) is 0.571. The summed E-state index contributed by atoms with van der Waals surface area (Å²) in [5.41, 5.74) is 4.83. The van der Waals surface area contributed by atoms with E-state index in [4.69, 9.17) is 14.7 Å². The second-order valence-electron chi connectivity index (χ2n) is 12.7. The van der Waals surface area contributed by atoms with E-state index in [9.17, 15) is 10.2 Å². The van der Waals surface area contributed by atoms with E-state index in [1.165, 1.54) is 11.1 Å². The first-order valence-electron chi connectivity index (χ1n) is 11.5. The number of hydrogen-bond donors (Lipinski definition) is 5. The van der Waals surface area contributed by atoms with Crippen LogP contribution in [-0.2, 0) is 21.7 Å². The third-order valence-electron chi connectivity index (χ3n) is 5.34. The molecule has 5 nitrogen and oxygen atoms in total. The molecule has 7 heteroatoms. The summed E-state index contributed by atoms with van der Waals surface area (Å²) in [6, 6.07) is 11.9. The molecule has 0 heterocycles. The van der Waals surface area contributed by atoms with Crippen molar-refractivity contribution in [3.8, 4) is 11.5 Å². The van der Waals surface area contributed by atoms with Crippen molar-refractivity contribution in [2.75, 3.05) is 0 Å². The maximum Gasteiger partial charge on any atom is 0.324 e. The highest BCUT2D eigenvalue weighted by Gasteiger charge is 2.23. The predicted octanol–water partition coefficient (Wildman–Crippen LogP) is 7.32. The molecule has 0 spiro atoms. The van der Waals surface area contributed by atoms with Crippen LogP contribution in [-0.4, -0.2) is 24.9 Å². The number of rotatable bonds is 0. The molecule has 0 aliphatic heterocycles. The van der Waals surface area contributed by atoms with Crippen molar-refractivity contribution < 1.29 is 29.6 Å². The Balaban J connectivity index is 0. The molecule has 0 aliphatic carbocycles. The fourth-order valence-corrected chi connectivity index (χ4v) is 3.21. The number of halogens is 1. The van der Waals surface area contributed by atoms with Crippen molar-refractivity contribution in [2.24, 2.45) is 0 Å². The maximum absolute atomic E-state index is 9.84. The lowest BCUT2D eigenvalue weighted by atomic mass is 9.80. The van der Waals surface area contributed by atoms with E-state index in [0.717, 1.165) is 11.1 Å². The van der Waals surface area contributed by atoms with Crippen LogP contribution in [0.15, 0.2) is 36.4 Å². The summed E-state index contributed by atoms with van der Waals surface area (Å²) in [4.78, 5) is 21.7. The minimum absolute atomic E-state index is 0. The summed E-state index contributed by atoms with van der Waals surface area (Å²) >= 11 is 0. The third kappa shape index (κ3) is 12.7. The van der Waals surface area contributed by atoms with E-state index < -0.39 is 8.60 Å². The van der Waals surface area contributed by atoms with E-state index in [1.807, 2.05) is 12.1 Å². The van der Waals surface area contributed by atoms with Gasteiger partial charge in [0.05, 0.1) is 0 Å². The second kappa shape index (κ2) is 13.0. The van der Waals surface area contributed by atoms with Crippen LogP contribution < -0.4 is 0 Å². The molecular formula is C28H48FO5P. The molecule has 5 N–H and O–H groups in total. The lowest BCUT2D eigenvalue weighted by molar-refractivity contribution is 0.368. The van der Waals surface area contributed by atoms with Crippen molar-refractivity contribution >= 4 is 8.60 Å².